The van der Waals surface area contributed by atoms with Crippen molar-refractivity contribution in [2.75, 3.05) is 26.4 Å². The number of hydrogen-bond acceptors (Lipinski definition) is 6. The topological polar surface area (TPSA) is 126 Å². The average molecular weight is 280 g/mol. The minimum Gasteiger partial charge on any atom is -0.870 e. The van der Waals surface area contributed by atoms with E-state index in [4.69, 9.17) is 15.0 Å². The van der Waals surface area contributed by atoms with Crippen LogP contribution in [0.5, 0.6) is 0 Å². The van der Waals surface area contributed by atoms with E-state index in [1.165, 1.54) is 6.92 Å². The fourth-order valence-corrected chi connectivity index (χ4v) is 0.189. The molecule has 3 N–H and O–H groups in total. The van der Waals surface area contributed by atoms with Gasteiger partial charge < -0.3 is 25.2 Å². The summed E-state index contributed by atoms with van der Waals surface area (Å²) < 4.78 is 8.80. The number of ether oxygens (including phenoxy) is 2. The van der Waals surface area contributed by atoms with Crippen LogP contribution in [-0.4, -0.2) is 54.1 Å². The maximum Gasteiger partial charge on any atom is 1.00 e. The molecule has 0 saturated carbocycles. The summed E-state index contributed by atoms with van der Waals surface area (Å²) in [6, 6.07) is 0. The third-order valence-corrected chi connectivity index (χ3v) is 0.601. The van der Waals surface area contributed by atoms with Crippen LogP contribution >= 0.6 is 0 Å². The van der Waals surface area contributed by atoms with E-state index in [1.54, 1.807) is 0 Å². The van der Waals surface area contributed by atoms with Crippen molar-refractivity contribution >= 4 is 11.9 Å². The van der Waals surface area contributed by atoms with Gasteiger partial charge in [-0.1, -0.05) is 14.9 Å². The van der Waals surface area contributed by atoms with E-state index in [0.29, 0.717) is 0 Å². The number of aliphatic carboxylic acids is 1. The summed E-state index contributed by atoms with van der Waals surface area (Å²) in [5.74, 6) is -1.19. The maximum absolute atomic E-state index is 9.87. The molecule has 0 aromatic carbocycles. The third-order valence-electron chi connectivity index (χ3n) is 0.601. The van der Waals surface area contributed by atoms with Crippen LogP contribution < -0.4 is 29.6 Å². The van der Waals surface area contributed by atoms with Crippen LogP contribution in [0.15, 0.2) is 0 Å². The first-order chi connectivity index (χ1) is 6.50. The van der Waals surface area contributed by atoms with Gasteiger partial charge in [0, 0.05) is 13.8 Å². The zero-order valence-corrected chi connectivity index (χ0v) is 11.8. The standard InChI is InChI=1S/C4H8O3.C2H4O2.C2H4O.2CH4.Na.H2O/c1-4(6)7-3-2-5;1-2(3)4;1-2-3-1;;;;/h5H,2-3H2,1H3;1H3,(H,3,4);1-2H2;2*1H4;;1H2/q;;;;;+1;/p-1. The van der Waals surface area contributed by atoms with Crippen LogP contribution in [0.3, 0.4) is 0 Å². The molecule has 1 aliphatic rings. The van der Waals surface area contributed by atoms with E-state index in [0.717, 1.165) is 20.1 Å². The number of carbonyl (C=O) groups excluding carboxylic acids is 1. The fraction of sp³-hybridized carbons (Fsp3) is 0.800. The van der Waals surface area contributed by atoms with Gasteiger partial charge in [0.15, 0.2) is 0 Å². The Labute approximate surface area is 131 Å². The number of carbonyl (C=O) groups is 2. The Hall–Kier alpha value is -0.180. The Balaban J connectivity index is -0.0000000288. The Morgan fingerprint density at radius 3 is 1.56 bits per heavy atom. The summed E-state index contributed by atoms with van der Waals surface area (Å²) in [6.07, 6.45) is 0. The fourth-order valence-electron chi connectivity index (χ4n) is 0.189. The van der Waals surface area contributed by atoms with Gasteiger partial charge in [0.2, 0.25) is 0 Å². The SMILES string of the molecule is C.C.C1CO1.CC(=O)O.CC(=O)OCCO.[Na+].[OH-]. The zero-order chi connectivity index (χ0) is 11.4. The van der Waals surface area contributed by atoms with Crippen LogP contribution in [0.2, 0.25) is 0 Å². The molecule has 0 radical (unpaired) electrons. The first-order valence-corrected chi connectivity index (χ1v) is 4.02. The second-order valence-electron chi connectivity index (χ2n) is 2.20. The van der Waals surface area contributed by atoms with Crippen molar-refractivity contribution in [1.29, 1.82) is 0 Å². The molecule has 1 rings (SSSR count). The molecular formula is C10H25NaO7. The van der Waals surface area contributed by atoms with Crippen molar-refractivity contribution in [3.05, 3.63) is 0 Å². The predicted molar refractivity (Wildman–Crippen MR) is 63.2 cm³/mol. The minimum absolute atomic E-state index is 0. The molecule has 0 unspecified atom stereocenters. The van der Waals surface area contributed by atoms with Crippen molar-refractivity contribution in [3.8, 4) is 0 Å². The van der Waals surface area contributed by atoms with Crippen molar-refractivity contribution in [2.45, 2.75) is 28.7 Å². The van der Waals surface area contributed by atoms with Crippen molar-refractivity contribution in [1.82, 2.24) is 0 Å². The van der Waals surface area contributed by atoms with E-state index < -0.39 is 5.97 Å². The summed E-state index contributed by atoms with van der Waals surface area (Å²) >= 11 is 0. The van der Waals surface area contributed by atoms with Crippen molar-refractivity contribution < 1.29 is 64.3 Å². The molecule has 0 amide bonds. The smallest absolute Gasteiger partial charge is 0.870 e. The Kier molecular flexibility index (Phi) is 60.4. The normalized spacial score (nSPS) is 8.61. The summed E-state index contributed by atoms with van der Waals surface area (Å²) in [5.41, 5.74) is 0. The molecule has 1 aliphatic heterocycles. The van der Waals surface area contributed by atoms with Crippen LogP contribution in [0, 0.1) is 0 Å². The van der Waals surface area contributed by atoms with Gasteiger partial charge in [0.05, 0.1) is 19.8 Å². The Morgan fingerprint density at radius 2 is 1.50 bits per heavy atom. The maximum atomic E-state index is 9.87. The summed E-state index contributed by atoms with van der Waals surface area (Å²) in [7, 11) is 0. The second kappa shape index (κ2) is 30.1. The van der Waals surface area contributed by atoms with Gasteiger partial charge >= 0.3 is 35.5 Å². The average Bonchev–Trinajstić information content (AvgIpc) is 2.84. The molecule has 7 nitrogen and oxygen atoms in total. The molecule has 0 aromatic heterocycles. The zero-order valence-electron chi connectivity index (χ0n) is 9.80. The molecule has 0 atom stereocenters. The molecule has 108 valence electrons. The molecule has 0 spiro atoms. The van der Waals surface area contributed by atoms with Gasteiger partial charge in [-0.3, -0.25) is 9.59 Å². The number of hydrogen-bond donors (Lipinski definition) is 2. The van der Waals surface area contributed by atoms with Gasteiger partial charge in [0.1, 0.15) is 6.61 Å². The number of aliphatic hydroxyl groups excluding tert-OH is 1. The molecule has 1 saturated heterocycles. The number of aliphatic hydroxyl groups is 1. The molecule has 18 heavy (non-hydrogen) atoms. The van der Waals surface area contributed by atoms with E-state index >= 15 is 0 Å². The first kappa shape index (κ1) is 36.1. The van der Waals surface area contributed by atoms with Crippen molar-refractivity contribution in [3.63, 3.8) is 0 Å². The first-order valence-electron chi connectivity index (χ1n) is 4.02. The summed E-state index contributed by atoms with van der Waals surface area (Å²) in [5, 5.41) is 15.5. The molecule has 1 heterocycles. The second-order valence-corrected chi connectivity index (χ2v) is 2.20. The largest absolute Gasteiger partial charge is 1.00 e. The molecule has 1 fully saturated rings. The molecule has 0 aromatic rings. The monoisotopic (exact) mass is 280 g/mol. The van der Waals surface area contributed by atoms with Gasteiger partial charge in [-0.25, -0.2) is 0 Å². The van der Waals surface area contributed by atoms with E-state index in [1.807, 2.05) is 0 Å². The van der Waals surface area contributed by atoms with Crippen LogP contribution in [0.1, 0.15) is 28.7 Å². The molecule has 0 bridgehead atoms. The number of carboxylic acids is 1. The van der Waals surface area contributed by atoms with Crippen LogP contribution in [0.4, 0.5) is 0 Å². The number of esters is 1. The molecular weight excluding hydrogens is 255 g/mol. The van der Waals surface area contributed by atoms with Gasteiger partial charge in [-0.15, -0.1) is 0 Å². The van der Waals surface area contributed by atoms with E-state index in [-0.39, 0.29) is 69.1 Å². The van der Waals surface area contributed by atoms with E-state index in [2.05, 4.69) is 9.47 Å². The van der Waals surface area contributed by atoms with Crippen LogP contribution in [-0.2, 0) is 19.1 Å². The third kappa shape index (κ3) is 150. The van der Waals surface area contributed by atoms with Crippen molar-refractivity contribution in [2.24, 2.45) is 0 Å². The van der Waals surface area contributed by atoms with Gasteiger partial charge in [-0.2, -0.15) is 0 Å². The molecule has 8 heteroatoms. The minimum atomic E-state index is -0.833. The van der Waals surface area contributed by atoms with Gasteiger partial charge in [-0.05, 0) is 0 Å². The Bertz CT molecular complexity index is 156. The quantitative estimate of drug-likeness (QED) is 0.332. The number of carboxylic acid groups (broad SMARTS) is 1. The molecule has 0 aliphatic carbocycles. The summed E-state index contributed by atoms with van der Waals surface area (Å²) in [4.78, 5) is 18.9. The summed E-state index contributed by atoms with van der Waals surface area (Å²) in [6.45, 7) is 4.39. The van der Waals surface area contributed by atoms with E-state index in [9.17, 15) is 4.79 Å². The Morgan fingerprint density at radius 1 is 1.22 bits per heavy atom. The number of epoxide rings is 1. The predicted octanol–water partition coefficient (Wildman–Crippen LogP) is -2.25. The van der Waals surface area contributed by atoms with Crippen LogP contribution in [0.25, 0.3) is 0 Å². The number of rotatable bonds is 2. The van der Waals surface area contributed by atoms with Gasteiger partial charge in [0.25, 0.3) is 5.97 Å².